The van der Waals surface area contributed by atoms with Crippen LogP contribution in [0, 0.1) is 0 Å². The minimum atomic E-state index is 0.0629. The number of benzene rings is 3. The molecule has 0 aliphatic carbocycles. The number of imidazole rings is 1. The summed E-state index contributed by atoms with van der Waals surface area (Å²) in [6, 6.07) is 26.1. The van der Waals surface area contributed by atoms with E-state index in [2.05, 4.69) is 47.2 Å². The maximum Gasteiger partial charge on any atom is 0.254 e. The molecular formula is C32H32ClN3OS. The normalized spacial score (nSPS) is 11.2. The van der Waals surface area contributed by atoms with E-state index in [4.69, 9.17) is 16.6 Å². The second-order valence-electron chi connectivity index (χ2n) is 9.63. The quantitative estimate of drug-likeness (QED) is 0.158. The lowest BCUT2D eigenvalue weighted by molar-refractivity contribution is 0.0744. The molecule has 3 aromatic carbocycles. The molecule has 0 saturated heterocycles. The van der Waals surface area contributed by atoms with E-state index in [9.17, 15) is 4.79 Å². The number of carbonyl (C=O) groups is 1. The number of carbonyl (C=O) groups excluding carboxylic acids is 1. The number of nitrogens with zero attached hydrogens (tertiary/aromatic N) is 3. The highest BCUT2D eigenvalue weighted by Crippen LogP contribution is 2.25. The van der Waals surface area contributed by atoms with Crippen molar-refractivity contribution in [2.75, 3.05) is 6.54 Å². The highest BCUT2D eigenvalue weighted by atomic mass is 35.5. The number of hydrogen-bond donors (Lipinski definition) is 0. The molecule has 4 nitrogen and oxygen atoms in total. The van der Waals surface area contributed by atoms with Crippen molar-refractivity contribution in [2.24, 2.45) is 0 Å². The lowest BCUT2D eigenvalue weighted by Crippen LogP contribution is -2.32. The number of thiazole rings is 1. The minimum Gasteiger partial charge on any atom is -0.334 e. The average Bonchev–Trinajstić information content (AvgIpc) is 3.54. The molecule has 2 heterocycles. The van der Waals surface area contributed by atoms with Crippen LogP contribution in [0.15, 0.2) is 90.4 Å². The fourth-order valence-electron chi connectivity index (χ4n) is 4.65. The van der Waals surface area contributed by atoms with E-state index in [1.54, 1.807) is 11.3 Å². The Morgan fingerprint density at radius 2 is 1.68 bits per heavy atom. The van der Waals surface area contributed by atoms with E-state index >= 15 is 0 Å². The Labute approximate surface area is 233 Å². The van der Waals surface area contributed by atoms with Crippen LogP contribution in [0.25, 0.3) is 16.2 Å². The third-order valence-corrected chi connectivity index (χ3v) is 7.98. The molecule has 0 saturated carbocycles. The van der Waals surface area contributed by atoms with E-state index in [-0.39, 0.29) is 5.91 Å². The van der Waals surface area contributed by atoms with Crippen molar-refractivity contribution in [3.8, 4) is 11.3 Å². The number of amides is 1. The van der Waals surface area contributed by atoms with Crippen LogP contribution in [0.2, 0.25) is 5.02 Å². The summed E-state index contributed by atoms with van der Waals surface area (Å²) in [4.78, 5) is 21.4. The monoisotopic (exact) mass is 541 g/mol. The second kappa shape index (κ2) is 12.4. The molecule has 194 valence electrons. The fourth-order valence-corrected chi connectivity index (χ4v) is 5.68. The van der Waals surface area contributed by atoms with Gasteiger partial charge in [-0.25, -0.2) is 4.98 Å². The SMILES string of the molecule is CCCCCc1ccc(C(=O)N(CCc2csc3nc(-c4ccc(Cl)cc4)cn23)Cc2ccccc2)cc1. The van der Waals surface area contributed by atoms with E-state index in [0.29, 0.717) is 18.1 Å². The molecule has 0 radical (unpaired) electrons. The minimum absolute atomic E-state index is 0.0629. The predicted octanol–water partition coefficient (Wildman–Crippen LogP) is 8.33. The van der Waals surface area contributed by atoms with E-state index in [0.717, 1.165) is 45.9 Å². The summed E-state index contributed by atoms with van der Waals surface area (Å²) >= 11 is 7.68. The van der Waals surface area contributed by atoms with E-state index in [1.807, 2.05) is 59.5 Å². The van der Waals surface area contributed by atoms with Gasteiger partial charge in [0.2, 0.25) is 0 Å². The molecule has 2 aromatic heterocycles. The van der Waals surface area contributed by atoms with Gasteiger partial charge in [-0.2, -0.15) is 0 Å². The Bertz CT molecular complexity index is 1470. The zero-order valence-corrected chi connectivity index (χ0v) is 23.2. The van der Waals surface area contributed by atoms with Gasteiger partial charge in [0.25, 0.3) is 5.91 Å². The summed E-state index contributed by atoms with van der Waals surface area (Å²) < 4.78 is 2.14. The van der Waals surface area contributed by atoms with Gasteiger partial charge in [-0.15, -0.1) is 11.3 Å². The summed E-state index contributed by atoms with van der Waals surface area (Å²) in [6.45, 7) is 3.41. The van der Waals surface area contributed by atoms with E-state index in [1.165, 1.54) is 24.8 Å². The van der Waals surface area contributed by atoms with Crippen LogP contribution in [0.3, 0.4) is 0 Å². The van der Waals surface area contributed by atoms with Crippen LogP contribution in [0.4, 0.5) is 0 Å². The first-order valence-corrected chi connectivity index (χ1v) is 14.5. The number of rotatable bonds is 11. The van der Waals surface area contributed by atoms with Crippen molar-refractivity contribution < 1.29 is 4.79 Å². The average molecular weight is 542 g/mol. The third-order valence-electron chi connectivity index (χ3n) is 6.83. The topological polar surface area (TPSA) is 37.6 Å². The molecule has 38 heavy (non-hydrogen) atoms. The van der Waals surface area contributed by atoms with Crippen molar-refractivity contribution in [3.63, 3.8) is 0 Å². The Morgan fingerprint density at radius 1 is 0.921 bits per heavy atom. The maximum atomic E-state index is 13.7. The Hall–Kier alpha value is -3.41. The zero-order chi connectivity index (χ0) is 26.3. The lowest BCUT2D eigenvalue weighted by atomic mass is 10.0. The molecule has 0 aliphatic heterocycles. The number of unbranched alkanes of at least 4 members (excludes halogenated alkanes) is 2. The summed E-state index contributed by atoms with van der Waals surface area (Å²) in [6.07, 6.45) is 7.51. The molecule has 0 unspecified atom stereocenters. The largest absolute Gasteiger partial charge is 0.334 e. The molecule has 0 spiro atoms. The summed E-state index contributed by atoms with van der Waals surface area (Å²) in [5, 5.41) is 2.86. The molecule has 0 bridgehead atoms. The van der Waals surface area contributed by atoms with Gasteiger partial charge in [0, 0.05) is 52.9 Å². The smallest absolute Gasteiger partial charge is 0.254 e. The highest BCUT2D eigenvalue weighted by Gasteiger charge is 2.18. The van der Waals surface area contributed by atoms with Crippen LogP contribution in [0.1, 0.15) is 53.4 Å². The lowest BCUT2D eigenvalue weighted by Gasteiger charge is -2.23. The molecular weight excluding hydrogens is 510 g/mol. The molecule has 5 aromatic rings. The summed E-state index contributed by atoms with van der Waals surface area (Å²) in [5.74, 6) is 0.0629. The van der Waals surface area contributed by atoms with Gasteiger partial charge < -0.3 is 4.90 Å². The maximum absolute atomic E-state index is 13.7. The third kappa shape index (κ3) is 6.35. The molecule has 6 heteroatoms. The first-order valence-electron chi connectivity index (χ1n) is 13.2. The van der Waals surface area contributed by atoms with Crippen LogP contribution in [0.5, 0.6) is 0 Å². The second-order valence-corrected chi connectivity index (χ2v) is 10.9. The number of hydrogen-bond acceptors (Lipinski definition) is 3. The predicted molar refractivity (Wildman–Crippen MR) is 158 cm³/mol. The van der Waals surface area contributed by atoms with Gasteiger partial charge in [-0.1, -0.05) is 86.0 Å². The number of aryl methyl sites for hydroxylation is 1. The van der Waals surface area contributed by atoms with Crippen molar-refractivity contribution in [3.05, 3.63) is 118 Å². The summed E-state index contributed by atoms with van der Waals surface area (Å²) in [7, 11) is 0. The molecule has 0 aliphatic rings. The number of fused-ring (bicyclic) bond motifs is 1. The van der Waals surface area contributed by atoms with Gasteiger partial charge >= 0.3 is 0 Å². The van der Waals surface area contributed by atoms with Gasteiger partial charge in [-0.05, 0) is 48.2 Å². The molecule has 0 fully saturated rings. The van der Waals surface area contributed by atoms with Crippen LogP contribution >= 0.6 is 22.9 Å². The molecule has 5 rings (SSSR count). The zero-order valence-electron chi connectivity index (χ0n) is 21.6. The highest BCUT2D eigenvalue weighted by molar-refractivity contribution is 7.15. The standard InChI is InChI=1S/C32H32ClN3OS/c1-2-3-5-8-24-11-13-27(14-12-24)31(37)35(21-25-9-6-4-7-10-25)20-19-29-23-38-32-34-30(22-36(29)32)26-15-17-28(33)18-16-26/h4,6-7,9-18,22-23H,2-3,5,8,19-21H2,1H3. The molecule has 0 atom stereocenters. The van der Waals surface area contributed by atoms with Gasteiger partial charge in [0.1, 0.15) is 0 Å². The molecule has 0 N–H and O–H groups in total. The van der Waals surface area contributed by atoms with Crippen molar-refractivity contribution in [1.29, 1.82) is 0 Å². The van der Waals surface area contributed by atoms with Crippen LogP contribution in [-0.2, 0) is 19.4 Å². The van der Waals surface area contributed by atoms with Gasteiger partial charge in [-0.3, -0.25) is 9.20 Å². The van der Waals surface area contributed by atoms with Gasteiger partial charge in [0.05, 0.1) is 5.69 Å². The number of aromatic nitrogens is 2. The number of halogens is 1. The summed E-state index contributed by atoms with van der Waals surface area (Å²) in [5.41, 5.74) is 6.27. The van der Waals surface area contributed by atoms with Crippen LogP contribution in [-0.4, -0.2) is 26.7 Å². The first kappa shape index (κ1) is 26.2. The Balaban J connectivity index is 1.33. The fraction of sp³-hybridized carbons (Fsp3) is 0.250. The van der Waals surface area contributed by atoms with Gasteiger partial charge in [0.15, 0.2) is 4.96 Å². The molecule has 1 amide bonds. The Morgan fingerprint density at radius 3 is 2.42 bits per heavy atom. The Kier molecular flexibility index (Phi) is 8.57. The first-order chi connectivity index (χ1) is 18.6. The van der Waals surface area contributed by atoms with Crippen LogP contribution < -0.4 is 0 Å². The van der Waals surface area contributed by atoms with Crippen molar-refractivity contribution in [2.45, 2.75) is 45.6 Å². The van der Waals surface area contributed by atoms with E-state index < -0.39 is 0 Å². The van der Waals surface area contributed by atoms with Crippen molar-refractivity contribution >= 4 is 33.8 Å². The van der Waals surface area contributed by atoms with Crippen molar-refractivity contribution in [1.82, 2.24) is 14.3 Å².